The van der Waals surface area contributed by atoms with Crippen molar-refractivity contribution in [2.24, 2.45) is 5.73 Å². The Bertz CT molecular complexity index is 395. The molecule has 4 nitrogen and oxygen atoms in total. The second-order valence-electron chi connectivity index (χ2n) is 4.97. The van der Waals surface area contributed by atoms with Gasteiger partial charge in [0.25, 0.3) is 0 Å². The number of hydrogen-bond donors (Lipinski definition) is 1. The summed E-state index contributed by atoms with van der Waals surface area (Å²) in [6.45, 7) is 4.82. The normalized spacial score (nSPS) is 20.2. The molecule has 1 aromatic heterocycles. The highest BCUT2D eigenvalue weighted by atomic mass is 16.5. The number of piperidine rings is 1. The van der Waals surface area contributed by atoms with Crippen LogP contribution in [0, 0.1) is 6.92 Å². The highest BCUT2D eigenvalue weighted by Crippen LogP contribution is 2.23. The fourth-order valence-electron chi connectivity index (χ4n) is 2.58. The molecule has 1 unspecified atom stereocenters. The van der Waals surface area contributed by atoms with E-state index in [-0.39, 0.29) is 0 Å². The summed E-state index contributed by atoms with van der Waals surface area (Å²) in [5.74, 6) is 1.09. The van der Waals surface area contributed by atoms with Crippen molar-refractivity contribution < 1.29 is 4.74 Å². The van der Waals surface area contributed by atoms with E-state index in [1.807, 2.05) is 6.20 Å². The molecule has 2 heterocycles. The van der Waals surface area contributed by atoms with Gasteiger partial charge in [-0.2, -0.15) is 0 Å². The molecule has 2 N–H and O–H groups in total. The summed E-state index contributed by atoms with van der Waals surface area (Å²) in [6.07, 6.45) is 5.51. The Morgan fingerprint density at radius 3 is 3.06 bits per heavy atom. The summed E-state index contributed by atoms with van der Waals surface area (Å²) < 4.78 is 5.46. The first kappa shape index (κ1) is 13.3. The van der Waals surface area contributed by atoms with Crippen LogP contribution in [-0.4, -0.2) is 37.8 Å². The number of ether oxygens (including phenoxy) is 1. The molecule has 0 amide bonds. The first-order valence-corrected chi connectivity index (χ1v) is 6.68. The molecule has 0 radical (unpaired) electrons. The fourth-order valence-corrected chi connectivity index (χ4v) is 2.58. The lowest BCUT2D eigenvalue weighted by atomic mass is 10.1. The molecule has 0 aromatic carbocycles. The first-order valence-electron chi connectivity index (χ1n) is 6.68. The van der Waals surface area contributed by atoms with E-state index < -0.39 is 0 Å². The van der Waals surface area contributed by atoms with Crippen molar-refractivity contribution in [3.63, 3.8) is 0 Å². The maximum atomic E-state index is 5.57. The molecule has 1 atom stereocenters. The number of aromatic nitrogens is 1. The third kappa shape index (κ3) is 3.00. The van der Waals surface area contributed by atoms with Crippen LogP contribution in [0.2, 0.25) is 0 Å². The smallest absolute Gasteiger partial charge is 0.131 e. The van der Waals surface area contributed by atoms with Crippen molar-refractivity contribution in [2.45, 2.75) is 32.3 Å². The number of anilines is 1. The van der Waals surface area contributed by atoms with E-state index in [1.54, 1.807) is 7.11 Å². The Morgan fingerprint density at radius 2 is 2.39 bits per heavy atom. The van der Waals surface area contributed by atoms with Gasteiger partial charge >= 0.3 is 0 Å². The van der Waals surface area contributed by atoms with Crippen molar-refractivity contribution in [3.05, 3.63) is 23.4 Å². The lowest BCUT2D eigenvalue weighted by Gasteiger charge is -2.33. The number of pyridine rings is 1. The number of hydrogen-bond acceptors (Lipinski definition) is 4. The number of nitrogens with zero attached hydrogens (tertiary/aromatic N) is 2. The number of nitrogens with two attached hydrogens (primary N) is 1. The molecule has 1 saturated heterocycles. The second-order valence-corrected chi connectivity index (χ2v) is 4.97. The largest absolute Gasteiger partial charge is 0.380 e. The van der Waals surface area contributed by atoms with Crippen LogP contribution < -0.4 is 10.6 Å². The Labute approximate surface area is 109 Å². The second kappa shape index (κ2) is 6.16. The first-order chi connectivity index (χ1) is 8.74. The van der Waals surface area contributed by atoms with Crippen LogP contribution in [0.5, 0.6) is 0 Å². The molecule has 0 aliphatic carbocycles. The third-order valence-electron chi connectivity index (χ3n) is 3.55. The fraction of sp³-hybridized carbons (Fsp3) is 0.643. The molecular formula is C14H23N3O. The van der Waals surface area contributed by atoms with Gasteiger partial charge < -0.3 is 15.4 Å². The van der Waals surface area contributed by atoms with Gasteiger partial charge in [0.2, 0.25) is 0 Å². The minimum atomic E-state index is 0.337. The monoisotopic (exact) mass is 249 g/mol. The van der Waals surface area contributed by atoms with E-state index in [0.29, 0.717) is 12.6 Å². The minimum Gasteiger partial charge on any atom is -0.380 e. The van der Waals surface area contributed by atoms with Crippen LogP contribution in [0.1, 0.15) is 24.0 Å². The Kier molecular flexibility index (Phi) is 4.55. The van der Waals surface area contributed by atoms with Gasteiger partial charge in [-0.3, -0.25) is 0 Å². The Balaban J connectivity index is 2.12. The summed E-state index contributed by atoms with van der Waals surface area (Å²) in [4.78, 5) is 6.94. The van der Waals surface area contributed by atoms with Gasteiger partial charge in [0.05, 0.1) is 6.10 Å². The topological polar surface area (TPSA) is 51.4 Å². The summed E-state index contributed by atoms with van der Waals surface area (Å²) in [5, 5.41) is 0. The molecule has 100 valence electrons. The third-order valence-corrected chi connectivity index (χ3v) is 3.55. The minimum absolute atomic E-state index is 0.337. The van der Waals surface area contributed by atoms with Crippen molar-refractivity contribution in [1.29, 1.82) is 0 Å². The van der Waals surface area contributed by atoms with Crippen molar-refractivity contribution in [1.82, 2.24) is 4.98 Å². The molecule has 4 heteroatoms. The molecule has 0 bridgehead atoms. The van der Waals surface area contributed by atoms with Crippen molar-refractivity contribution in [3.8, 4) is 0 Å². The van der Waals surface area contributed by atoms with E-state index in [4.69, 9.17) is 10.5 Å². The van der Waals surface area contributed by atoms with Crippen LogP contribution >= 0.6 is 0 Å². The van der Waals surface area contributed by atoms with Crippen molar-refractivity contribution >= 4 is 5.82 Å². The molecule has 0 saturated carbocycles. The van der Waals surface area contributed by atoms with Crippen LogP contribution in [-0.2, 0) is 11.2 Å². The highest BCUT2D eigenvalue weighted by molar-refractivity contribution is 5.48. The summed E-state index contributed by atoms with van der Waals surface area (Å²) in [5.41, 5.74) is 8.03. The average molecular weight is 249 g/mol. The maximum absolute atomic E-state index is 5.57. The molecule has 1 aliphatic heterocycles. The quantitative estimate of drug-likeness (QED) is 0.878. The van der Waals surface area contributed by atoms with Gasteiger partial charge in [0, 0.05) is 26.4 Å². The van der Waals surface area contributed by atoms with Crippen LogP contribution in [0.15, 0.2) is 12.3 Å². The molecule has 1 aromatic rings. The molecule has 0 spiro atoms. The maximum Gasteiger partial charge on any atom is 0.131 e. The Hall–Kier alpha value is -1.13. The van der Waals surface area contributed by atoms with E-state index in [2.05, 4.69) is 22.9 Å². The lowest BCUT2D eigenvalue weighted by molar-refractivity contribution is 0.0891. The Morgan fingerprint density at radius 1 is 1.56 bits per heavy atom. The lowest BCUT2D eigenvalue weighted by Crippen LogP contribution is -2.40. The zero-order valence-electron chi connectivity index (χ0n) is 11.4. The van der Waals surface area contributed by atoms with E-state index >= 15 is 0 Å². The number of rotatable bonds is 4. The predicted octanol–water partition coefficient (Wildman–Crippen LogP) is 1.51. The van der Waals surface area contributed by atoms with Crippen LogP contribution in [0.25, 0.3) is 0 Å². The molecule has 18 heavy (non-hydrogen) atoms. The zero-order valence-corrected chi connectivity index (χ0v) is 11.4. The molecule has 1 fully saturated rings. The summed E-state index contributed by atoms with van der Waals surface area (Å²) in [7, 11) is 1.79. The van der Waals surface area contributed by atoms with Gasteiger partial charge in [-0.25, -0.2) is 4.98 Å². The highest BCUT2D eigenvalue weighted by Gasteiger charge is 2.21. The molecule has 2 rings (SSSR count). The summed E-state index contributed by atoms with van der Waals surface area (Å²) in [6, 6.07) is 2.20. The van der Waals surface area contributed by atoms with Gasteiger partial charge in [-0.1, -0.05) is 6.07 Å². The molecular weight excluding hydrogens is 226 g/mol. The average Bonchev–Trinajstić information content (AvgIpc) is 2.39. The van der Waals surface area contributed by atoms with E-state index in [1.165, 1.54) is 17.5 Å². The van der Waals surface area contributed by atoms with Gasteiger partial charge in [-0.15, -0.1) is 0 Å². The number of aryl methyl sites for hydroxylation is 1. The van der Waals surface area contributed by atoms with Crippen LogP contribution in [0.4, 0.5) is 5.82 Å². The SMILES string of the molecule is COC1CCCN(c2ncc(CCN)cc2C)C1. The summed E-state index contributed by atoms with van der Waals surface area (Å²) >= 11 is 0. The zero-order chi connectivity index (χ0) is 13.0. The predicted molar refractivity (Wildman–Crippen MR) is 74.0 cm³/mol. The van der Waals surface area contributed by atoms with E-state index in [0.717, 1.165) is 31.7 Å². The standard InChI is InChI=1S/C14H23N3O/c1-11-8-12(5-6-15)9-16-14(11)17-7-3-4-13(10-17)18-2/h8-9,13H,3-7,10,15H2,1-2H3. The van der Waals surface area contributed by atoms with Gasteiger partial charge in [-0.05, 0) is 43.9 Å². The van der Waals surface area contributed by atoms with Crippen molar-refractivity contribution in [2.75, 3.05) is 31.6 Å². The van der Waals surface area contributed by atoms with E-state index in [9.17, 15) is 0 Å². The molecule has 1 aliphatic rings. The van der Waals surface area contributed by atoms with Gasteiger partial charge in [0.1, 0.15) is 5.82 Å². The van der Waals surface area contributed by atoms with Crippen LogP contribution in [0.3, 0.4) is 0 Å². The van der Waals surface area contributed by atoms with Gasteiger partial charge in [0.15, 0.2) is 0 Å². The number of methoxy groups -OCH3 is 1.